The number of halogens is 3. The molecule has 0 aliphatic rings. The second-order valence-electron chi connectivity index (χ2n) is 6.32. The van der Waals surface area contributed by atoms with Gasteiger partial charge in [-0.05, 0) is 32.0 Å². The molecule has 8 nitrogen and oxygen atoms in total. The van der Waals surface area contributed by atoms with Crippen LogP contribution in [0.4, 0.5) is 13.2 Å². The van der Waals surface area contributed by atoms with Crippen LogP contribution in [0.3, 0.4) is 0 Å². The summed E-state index contributed by atoms with van der Waals surface area (Å²) in [4.78, 5) is 27.9. The Balaban J connectivity index is 1.73. The molecule has 0 saturated heterocycles. The first-order chi connectivity index (χ1) is 14.1. The van der Waals surface area contributed by atoms with E-state index in [2.05, 4.69) is 20.1 Å². The number of aromatic nitrogens is 3. The molecule has 3 aromatic rings. The number of alkyl halides is 3. The highest BCUT2D eigenvalue weighted by Crippen LogP contribution is 2.28. The first-order valence-electron chi connectivity index (χ1n) is 8.66. The van der Waals surface area contributed by atoms with Gasteiger partial charge in [0.25, 0.3) is 5.91 Å². The van der Waals surface area contributed by atoms with Crippen molar-refractivity contribution in [3.8, 4) is 5.82 Å². The SMILES string of the molecule is COC(=O)c1cc(CNC(=O)c2cnn(-c3ccc(C(F)(F)F)cn3)c2C)oc1C. The van der Waals surface area contributed by atoms with Crippen molar-refractivity contribution >= 4 is 11.9 Å². The van der Waals surface area contributed by atoms with Crippen molar-refractivity contribution in [2.45, 2.75) is 26.6 Å². The first kappa shape index (κ1) is 21.1. The number of methoxy groups -OCH3 is 1. The lowest BCUT2D eigenvalue weighted by Crippen LogP contribution is -2.23. The van der Waals surface area contributed by atoms with Crippen LogP contribution in [0, 0.1) is 13.8 Å². The molecule has 0 fully saturated rings. The van der Waals surface area contributed by atoms with Gasteiger partial charge in [0, 0.05) is 6.20 Å². The highest BCUT2D eigenvalue weighted by molar-refractivity contribution is 5.95. The highest BCUT2D eigenvalue weighted by Gasteiger charge is 2.31. The summed E-state index contributed by atoms with van der Waals surface area (Å²) in [5, 5.41) is 6.67. The number of nitrogens with one attached hydrogen (secondary N) is 1. The number of carbonyl (C=O) groups is 2. The number of esters is 1. The smallest absolute Gasteiger partial charge is 0.417 e. The Hall–Kier alpha value is -3.63. The standard InChI is InChI=1S/C19H17F3N4O4/c1-10-15(9-25-26(10)16-5-4-12(7-23-16)19(20,21)22)17(27)24-8-13-6-14(11(2)30-13)18(28)29-3/h4-7,9H,8H2,1-3H3,(H,24,27). The van der Waals surface area contributed by atoms with Gasteiger partial charge in [-0.2, -0.15) is 18.3 Å². The summed E-state index contributed by atoms with van der Waals surface area (Å²) in [7, 11) is 1.25. The van der Waals surface area contributed by atoms with Gasteiger partial charge < -0.3 is 14.5 Å². The molecule has 0 aliphatic heterocycles. The molecule has 158 valence electrons. The van der Waals surface area contributed by atoms with E-state index in [-0.39, 0.29) is 23.5 Å². The fraction of sp³-hybridized carbons (Fsp3) is 0.263. The molecule has 0 aromatic carbocycles. The summed E-state index contributed by atoms with van der Waals surface area (Å²) < 4.78 is 49.4. The molecule has 0 atom stereocenters. The van der Waals surface area contributed by atoms with Crippen molar-refractivity contribution in [2.24, 2.45) is 0 Å². The summed E-state index contributed by atoms with van der Waals surface area (Å²) in [5.74, 6) is -0.155. The summed E-state index contributed by atoms with van der Waals surface area (Å²) >= 11 is 0. The molecule has 3 aromatic heterocycles. The molecule has 0 radical (unpaired) electrons. The van der Waals surface area contributed by atoms with E-state index < -0.39 is 23.6 Å². The summed E-state index contributed by atoms with van der Waals surface area (Å²) in [6.07, 6.45) is -2.50. The molecule has 3 heterocycles. The van der Waals surface area contributed by atoms with E-state index in [1.807, 2.05) is 0 Å². The third-order valence-electron chi connectivity index (χ3n) is 4.34. The van der Waals surface area contributed by atoms with Crippen LogP contribution in [-0.4, -0.2) is 33.8 Å². The van der Waals surface area contributed by atoms with Gasteiger partial charge >= 0.3 is 12.1 Å². The van der Waals surface area contributed by atoms with Crippen LogP contribution >= 0.6 is 0 Å². The average Bonchev–Trinajstić information content (AvgIpc) is 3.27. The van der Waals surface area contributed by atoms with Crippen LogP contribution in [-0.2, 0) is 17.5 Å². The van der Waals surface area contributed by atoms with E-state index in [0.29, 0.717) is 23.4 Å². The average molecular weight is 422 g/mol. The van der Waals surface area contributed by atoms with Crippen molar-refractivity contribution in [1.82, 2.24) is 20.1 Å². The van der Waals surface area contributed by atoms with Crippen LogP contribution in [0.25, 0.3) is 5.82 Å². The zero-order valence-corrected chi connectivity index (χ0v) is 16.2. The van der Waals surface area contributed by atoms with Gasteiger partial charge in [0.2, 0.25) is 0 Å². The monoisotopic (exact) mass is 422 g/mol. The molecule has 1 amide bonds. The number of amides is 1. The Morgan fingerprint density at radius 3 is 2.53 bits per heavy atom. The molecule has 0 aliphatic carbocycles. The predicted molar refractivity (Wildman–Crippen MR) is 97.1 cm³/mol. The summed E-state index contributed by atoms with van der Waals surface area (Å²) in [5.41, 5.74) is -0.00739. The van der Waals surface area contributed by atoms with Gasteiger partial charge in [-0.25, -0.2) is 14.5 Å². The van der Waals surface area contributed by atoms with Gasteiger partial charge in [-0.1, -0.05) is 0 Å². The maximum absolute atomic E-state index is 12.7. The van der Waals surface area contributed by atoms with Crippen molar-refractivity contribution in [3.05, 3.63) is 64.5 Å². The second-order valence-corrected chi connectivity index (χ2v) is 6.32. The van der Waals surface area contributed by atoms with Crippen LogP contribution in [0.15, 0.2) is 35.0 Å². The molecule has 0 spiro atoms. The maximum Gasteiger partial charge on any atom is 0.417 e. The van der Waals surface area contributed by atoms with E-state index in [9.17, 15) is 22.8 Å². The van der Waals surface area contributed by atoms with Crippen LogP contribution in [0.1, 0.15) is 43.5 Å². The number of hydrogen-bond acceptors (Lipinski definition) is 6. The Labute approximate surface area is 168 Å². The normalized spacial score (nSPS) is 11.4. The van der Waals surface area contributed by atoms with E-state index in [1.54, 1.807) is 13.8 Å². The number of pyridine rings is 1. The maximum atomic E-state index is 12.7. The quantitative estimate of drug-likeness (QED) is 0.634. The fourth-order valence-corrected chi connectivity index (χ4v) is 2.75. The van der Waals surface area contributed by atoms with Crippen LogP contribution in [0.5, 0.6) is 0 Å². The summed E-state index contributed by atoms with van der Waals surface area (Å²) in [6.45, 7) is 3.20. The number of nitrogens with zero attached hydrogens (tertiary/aromatic N) is 3. The van der Waals surface area contributed by atoms with Crippen LogP contribution < -0.4 is 5.32 Å². The number of ether oxygens (including phenoxy) is 1. The molecule has 30 heavy (non-hydrogen) atoms. The molecule has 0 bridgehead atoms. The third kappa shape index (κ3) is 4.19. The van der Waals surface area contributed by atoms with Crippen molar-refractivity contribution < 1.29 is 31.9 Å². The molecule has 0 saturated carbocycles. The third-order valence-corrected chi connectivity index (χ3v) is 4.34. The van der Waals surface area contributed by atoms with Crippen molar-refractivity contribution in [3.63, 3.8) is 0 Å². The number of hydrogen-bond donors (Lipinski definition) is 1. The zero-order valence-electron chi connectivity index (χ0n) is 16.2. The van der Waals surface area contributed by atoms with Gasteiger partial charge in [0.15, 0.2) is 5.82 Å². The topological polar surface area (TPSA) is 99.2 Å². The number of aryl methyl sites for hydroxylation is 1. The molecular weight excluding hydrogens is 405 g/mol. The van der Waals surface area contributed by atoms with Gasteiger partial charge in [-0.15, -0.1) is 0 Å². The van der Waals surface area contributed by atoms with E-state index >= 15 is 0 Å². The lowest BCUT2D eigenvalue weighted by molar-refractivity contribution is -0.137. The van der Waals surface area contributed by atoms with Gasteiger partial charge in [0.05, 0.1) is 36.7 Å². The number of carbonyl (C=O) groups excluding carboxylic acids is 2. The predicted octanol–water partition coefficient (Wildman–Crippen LogP) is 3.21. The Morgan fingerprint density at radius 1 is 1.20 bits per heavy atom. The van der Waals surface area contributed by atoms with Gasteiger partial charge in [0.1, 0.15) is 17.1 Å². The van der Waals surface area contributed by atoms with E-state index in [4.69, 9.17) is 4.42 Å². The molecule has 1 N–H and O–H groups in total. The van der Waals surface area contributed by atoms with Gasteiger partial charge in [-0.3, -0.25) is 4.79 Å². The van der Waals surface area contributed by atoms with Crippen molar-refractivity contribution in [2.75, 3.05) is 7.11 Å². The lowest BCUT2D eigenvalue weighted by atomic mass is 10.2. The minimum absolute atomic E-state index is 0.0137. The molecular formula is C19H17F3N4O4. The largest absolute Gasteiger partial charge is 0.465 e. The Bertz CT molecular complexity index is 1080. The zero-order chi connectivity index (χ0) is 22.1. The van der Waals surface area contributed by atoms with E-state index in [0.717, 1.165) is 6.07 Å². The van der Waals surface area contributed by atoms with Crippen molar-refractivity contribution in [1.29, 1.82) is 0 Å². The first-order valence-corrected chi connectivity index (χ1v) is 8.66. The van der Waals surface area contributed by atoms with Crippen LogP contribution in [0.2, 0.25) is 0 Å². The highest BCUT2D eigenvalue weighted by atomic mass is 19.4. The minimum Gasteiger partial charge on any atom is -0.465 e. The molecule has 3 rings (SSSR count). The minimum atomic E-state index is -4.49. The molecule has 11 heteroatoms. The molecule has 0 unspecified atom stereocenters. The lowest BCUT2D eigenvalue weighted by Gasteiger charge is -2.08. The summed E-state index contributed by atoms with van der Waals surface area (Å²) in [6, 6.07) is 3.54. The van der Waals surface area contributed by atoms with E-state index in [1.165, 1.54) is 30.1 Å². The Morgan fingerprint density at radius 2 is 1.93 bits per heavy atom. The fourth-order valence-electron chi connectivity index (χ4n) is 2.75. The second kappa shape index (κ2) is 8.01. The number of rotatable bonds is 5. The Kier molecular flexibility index (Phi) is 5.63. The number of furan rings is 1.